The van der Waals surface area contributed by atoms with Gasteiger partial charge in [0.1, 0.15) is 10.7 Å². The van der Waals surface area contributed by atoms with E-state index in [1.54, 1.807) is 36.0 Å². The second kappa shape index (κ2) is 7.33. The minimum atomic E-state index is 0.608. The highest BCUT2D eigenvalue weighted by Gasteiger charge is 2.15. The Kier molecular flexibility index (Phi) is 4.57. The molecule has 0 saturated carbocycles. The van der Waals surface area contributed by atoms with Crippen LogP contribution in [0.3, 0.4) is 0 Å². The standard InChI is InChI=1S/C20H15N5S/c1-2-6-15-18(26-20(25-15)14-7-4-10-21-13-14)16-8-3-9-17(24-16)19-22-11-5-12-23-19/h2-5,7-13H,1,6H2. The van der Waals surface area contributed by atoms with Gasteiger partial charge in [-0.25, -0.2) is 19.9 Å². The molecule has 4 aromatic heterocycles. The molecule has 26 heavy (non-hydrogen) atoms. The van der Waals surface area contributed by atoms with Crippen LogP contribution in [0.25, 0.3) is 32.7 Å². The van der Waals surface area contributed by atoms with Gasteiger partial charge in [0.2, 0.25) is 0 Å². The van der Waals surface area contributed by atoms with Gasteiger partial charge in [-0.1, -0.05) is 12.1 Å². The highest BCUT2D eigenvalue weighted by molar-refractivity contribution is 7.18. The third kappa shape index (κ3) is 3.27. The largest absolute Gasteiger partial charge is 0.264 e. The smallest absolute Gasteiger partial charge is 0.178 e. The van der Waals surface area contributed by atoms with Gasteiger partial charge in [-0.15, -0.1) is 17.9 Å². The normalized spacial score (nSPS) is 10.6. The number of pyridine rings is 2. The molecule has 0 amide bonds. The molecular formula is C20H15N5S. The van der Waals surface area contributed by atoms with E-state index in [0.29, 0.717) is 12.2 Å². The Morgan fingerprint density at radius 3 is 2.54 bits per heavy atom. The van der Waals surface area contributed by atoms with E-state index in [9.17, 15) is 0 Å². The summed E-state index contributed by atoms with van der Waals surface area (Å²) in [6.07, 6.45) is 9.55. The average Bonchev–Trinajstić information content (AvgIpc) is 3.14. The van der Waals surface area contributed by atoms with Crippen molar-refractivity contribution in [1.82, 2.24) is 24.9 Å². The molecule has 0 fully saturated rings. The first-order valence-electron chi connectivity index (χ1n) is 8.11. The first-order chi connectivity index (χ1) is 12.8. The van der Waals surface area contributed by atoms with Gasteiger partial charge < -0.3 is 0 Å². The van der Waals surface area contributed by atoms with E-state index in [2.05, 4.69) is 21.5 Å². The highest BCUT2D eigenvalue weighted by Crippen LogP contribution is 2.35. The lowest BCUT2D eigenvalue weighted by Gasteiger charge is -2.03. The lowest BCUT2D eigenvalue weighted by Crippen LogP contribution is -1.93. The molecule has 0 radical (unpaired) electrons. The Morgan fingerprint density at radius 2 is 1.77 bits per heavy atom. The van der Waals surface area contributed by atoms with Gasteiger partial charge in [-0.2, -0.15) is 0 Å². The van der Waals surface area contributed by atoms with Crippen LogP contribution >= 0.6 is 11.3 Å². The first kappa shape index (κ1) is 16.2. The van der Waals surface area contributed by atoms with Crippen molar-refractivity contribution in [1.29, 1.82) is 0 Å². The maximum Gasteiger partial charge on any atom is 0.178 e. The number of allylic oxidation sites excluding steroid dienone is 1. The average molecular weight is 357 g/mol. The molecule has 4 aromatic rings. The van der Waals surface area contributed by atoms with Crippen LogP contribution in [0.2, 0.25) is 0 Å². The summed E-state index contributed by atoms with van der Waals surface area (Å²) in [6, 6.07) is 11.6. The second-order valence-electron chi connectivity index (χ2n) is 5.51. The van der Waals surface area contributed by atoms with Crippen molar-refractivity contribution < 1.29 is 0 Å². The summed E-state index contributed by atoms with van der Waals surface area (Å²) in [5.41, 5.74) is 3.56. The fourth-order valence-electron chi connectivity index (χ4n) is 2.56. The maximum absolute atomic E-state index is 4.78. The Balaban J connectivity index is 1.80. The molecular weight excluding hydrogens is 342 g/mol. The molecule has 0 aliphatic heterocycles. The van der Waals surface area contributed by atoms with Crippen LogP contribution in [0.1, 0.15) is 5.69 Å². The van der Waals surface area contributed by atoms with E-state index < -0.39 is 0 Å². The molecule has 0 aliphatic carbocycles. The molecule has 0 aromatic carbocycles. The Labute approximate surface area is 155 Å². The zero-order valence-electron chi connectivity index (χ0n) is 13.9. The molecule has 0 atom stereocenters. The van der Waals surface area contributed by atoms with Crippen LogP contribution in [-0.4, -0.2) is 24.9 Å². The van der Waals surface area contributed by atoms with Gasteiger partial charge in [-0.3, -0.25) is 4.98 Å². The minimum Gasteiger partial charge on any atom is -0.264 e. The molecule has 0 saturated heterocycles. The lowest BCUT2D eigenvalue weighted by molar-refractivity contribution is 1.13. The third-order valence-electron chi connectivity index (χ3n) is 3.72. The van der Waals surface area contributed by atoms with Crippen molar-refractivity contribution in [2.24, 2.45) is 0 Å². The van der Waals surface area contributed by atoms with Crippen LogP contribution in [0.5, 0.6) is 0 Å². The van der Waals surface area contributed by atoms with Crippen molar-refractivity contribution in [2.45, 2.75) is 6.42 Å². The third-order valence-corrected chi connectivity index (χ3v) is 4.89. The molecule has 126 valence electrons. The molecule has 0 unspecified atom stereocenters. The van der Waals surface area contributed by atoms with E-state index in [0.717, 1.165) is 32.5 Å². The zero-order chi connectivity index (χ0) is 17.8. The van der Waals surface area contributed by atoms with E-state index >= 15 is 0 Å². The molecule has 0 spiro atoms. The Morgan fingerprint density at radius 1 is 0.923 bits per heavy atom. The van der Waals surface area contributed by atoms with Gasteiger partial charge in [0.15, 0.2) is 5.82 Å². The molecule has 5 nitrogen and oxygen atoms in total. The minimum absolute atomic E-state index is 0.608. The quantitative estimate of drug-likeness (QED) is 0.494. The van der Waals surface area contributed by atoms with Crippen LogP contribution in [-0.2, 0) is 6.42 Å². The van der Waals surface area contributed by atoms with Crippen LogP contribution in [0, 0.1) is 0 Å². The van der Waals surface area contributed by atoms with Gasteiger partial charge in [0.05, 0.1) is 16.3 Å². The molecule has 4 heterocycles. The Hall–Kier alpha value is -3.25. The summed E-state index contributed by atoms with van der Waals surface area (Å²) >= 11 is 1.61. The summed E-state index contributed by atoms with van der Waals surface area (Å²) in [4.78, 5) is 23.3. The van der Waals surface area contributed by atoms with E-state index in [-0.39, 0.29) is 0 Å². The molecule has 6 heteroatoms. The molecule has 0 N–H and O–H groups in total. The second-order valence-corrected chi connectivity index (χ2v) is 6.51. The number of aromatic nitrogens is 5. The number of hydrogen-bond donors (Lipinski definition) is 0. The highest BCUT2D eigenvalue weighted by atomic mass is 32.1. The number of rotatable bonds is 5. The predicted octanol–water partition coefficient (Wildman–Crippen LogP) is 4.45. The summed E-state index contributed by atoms with van der Waals surface area (Å²) in [6.45, 7) is 3.85. The summed E-state index contributed by atoms with van der Waals surface area (Å²) in [5, 5.41) is 0.924. The van der Waals surface area contributed by atoms with Crippen LogP contribution in [0.4, 0.5) is 0 Å². The fourth-order valence-corrected chi connectivity index (χ4v) is 3.61. The molecule has 0 aliphatic rings. The van der Waals surface area contributed by atoms with Gasteiger partial charge in [0, 0.05) is 36.8 Å². The monoisotopic (exact) mass is 357 g/mol. The topological polar surface area (TPSA) is 64.5 Å². The summed E-state index contributed by atoms with van der Waals surface area (Å²) in [5.74, 6) is 0.608. The van der Waals surface area contributed by atoms with Crippen molar-refractivity contribution in [2.75, 3.05) is 0 Å². The van der Waals surface area contributed by atoms with Gasteiger partial charge in [0.25, 0.3) is 0 Å². The summed E-state index contributed by atoms with van der Waals surface area (Å²) in [7, 11) is 0. The summed E-state index contributed by atoms with van der Waals surface area (Å²) < 4.78 is 0. The maximum atomic E-state index is 4.78. The number of nitrogens with zero attached hydrogens (tertiary/aromatic N) is 5. The van der Waals surface area contributed by atoms with Gasteiger partial charge >= 0.3 is 0 Å². The lowest BCUT2D eigenvalue weighted by atomic mass is 10.2. The molecule has 0 bridgehead atoms. The fraction of sp³-hybridized carbons (Fsp3) is 0.0500. The van der Waals surface area contributed by atoms with E-state index in [4.69, 9.17) is 9.97 Å². The van der Waals surface area contributed by atoms with E-state index in [1.165, 1.54) is 0 Å². The van der Waals surface area contributed by atoms with Crippen molar-refractivity contribution >= 4 is 11.3 Å². The van der Waals surface area contributed by atoms with Gasteiger partial charge in [-0.05, 0) is 30.3 Å². The first-order valence-corrected chi connectivity index (χ1v) is 8.92. The Bertz CT molecular complexity index is 1030. The van der Waals surface area contributed by atoms with Crippen molar-refractivity contribution in [3.05, 3.63) is 79.5 Å². The van der Waals surface area contributed by atoms with Crippen LogP contribution in [0.15, 0.2) is 73.8 Å². The number of hydrogen-bond acceptors (Lipinski definition) is 6. The molecule has 4 rings (SSSR count). The SMILES string of the molecule is C=CCc1nc(-c2cccnc2)sc1-c1cccc(-c2ncccn2)n1. The number of thiazole rings is 1. The van der Waals surface area contributed by atoms with Crippen LogP contribution < -0.4 is 0 Å². The van der Waals surface area contributed by atoms with E-state index in [1.807, 2.05) is 42.6 Å². The zero-order valence-corrected chi connectivity index (χ0v) is 14.7. The predicted molar refractivity (Wildman–Crippen MR) is 104 cm³/mol. The van der Waals surface area contributed by atoms with Crippen molar-refractivity contribution in [3.8, 4) is 32.7 Å². The van der Waals surface area contributed by atoms with Crippen molar-refractivity contribution in [3.63, 3.8) is 0 Å².